The minimum atomic E-state index is 0.0565. The molecule has 0 saturated heterocycles. The lowest BCUT2D eigenvalue weighted by molar-refractivity contribution is 0.0734. The molecule has 138 valence electrons. The summed E-state index contributed by atoms with van der Waals surface area (Å²) in [5.74, 6) is 0.815. The lowest BCUT2D eigenvalue weighted by Gasteiger charge is -2.26. The smallest absolute Gasteiger partial charge is 0.254 e. The van der Waals surface area contributed by atoms with Gasteiger partial charge in [-0.05, 0) is 31.0 Å². The highest BCUT2D eigenvalue weighted by molar-refractivity contribution is 5.94. The first-order chi connectivity index (χ1) is 13.2. The number of aromatic amines is 1. The molecule has 1 aliphatic heterocycles. The Balaban J connectivity index is 1.56. The summed E-state index contributed by atoms with van der Waals surface area (Å²) in [6, 6.07) is 7.77. The van der Waals surface area contributed by atoms with Crippen LogP contribution in [0.2, 0.25) is 0 Å². The van der Waals surface area contributed by atoms with Gasteiger partial charge in [0.2, 0.25) is 0 Å². The lowest BCUT2D eigenvalue weighted by atomic mass is 10.0. The van der Waals surface area contributed by atoms with Gasteiger partial charge in [-0.25, -0.2) is 9.97 Å². The highest BCUT2D eigenvalue weighted by Crippen LogP contribution is 2.24. The summed E-state index contributed by atoms with van der Waals surface area (Å²) >= 11 is 0. The first kappa shape index (κ1) is 17.4. The number of aromatic nitrogens is 4. The first-order valence-corrected chi connectivity index (χ1v) is 9.39. The second-order valence-corrected chi connectivity index (χ2v) is 6.97. The molecule has 0 aliphatic carbocycles. The van der Waals surface area contributed by atoms with E-state index >= 15 is 0 Å². The molecule has 6 nitrogen and oxygen atoms in total. The summed E-state index contributed by atoms with van der Waals surface area (Å²) in [5, 5.41) is 7.07. The monoisotopic (exact) mass is 361 g/mol. The van der Waals surface area contributed by atoms with Crippen LogP contribution >= 0.6 is 0 Å². The largest absolute Gasteiger partial charge is 0.334 e. The average Bonchev–Trinajstić information content (AvgIpc) is 3.17. The Morgan fingerprint density at radius 1 is 1.22 bits per heavy atom. The van der Waals surface area contributed by atoms with Gasteiger partial charge < -0.3 is 4.90 Å². The van der Waals surface area contributed by atoms with Crippen molar-refractivity contribution in [3.8, 4) is 11.3 Å². The van der Waals surface area contributed by atoms with Crippen molar-refractivity contribution in [1.82, 2.24) is 25.1 Å². The van der Waals surface area contributed by atoms with Crippen LogP contribution in [0.15, 0.2) is 36.7 Å². The topological polar surface area (TPSA) is 74.8 Å². The van der Waals surface area contributed by atoms with Gasteiger partial charge in [-0.3, -0.25) is 9.89 Å². The molecule has 2 aromatic heterocycles. The zero-order valence-corrected chi connectivity index (χ0v) is 15.7. The molecular weight excluding hydrogens is 338 g/mol. The summed E-state index contributed by atoms with van der Waals surface area (Å²) in [6.07, 6.45) is 6.53. The van der Waals surface area contributed by atoms with Crippen LogP contribution in [-0.2, 0) is 19.4 Å². The third-order valence-corrected chi connectivity index (χ3v) is 5.00. The summed E-state index contributed by atoms with van der Waals surface area (Å²) < 4.78 is 0. The van der Waals surface area contributed by atoms with E-state index in [-0.39, 0.29) is 5.91 Å². The molecule has 1 aromatic carbocycles. The maximum atomic E-state index is 12.9. The van der Waals surface area contributed by atoms with Gasteiger partial charge in [0.25, 0.3) is 5.91 Å². The van der Waals surface area contributed by atoms with Crippen molar-refractivity contribution in [2.75, 3.05) is 6.54 Å². The van der Waals surface area contributed by atoms with Crippen LogP contribution in [0, 0.1) is 6.92 Å². The SMILES string of the molecule is CCCc1cnc(C)nc1-c1ccc(C(=O)N2CCc3[nH]ncc3C2)cc1. The molecule has 0 unspecified atom stereocenters. The van der Waals surface area contributed by atoms with Crippen molar-refractivity contribution in [3.63, 3.8) is 0 Å². The van der Waals surface area contributed by atoms with E-state index in [1.807, 2.05) is 48.5 Å². The minimum Gasteiger partial charge on any atom is -0.334 e. The number of fused-ring (bicyclic) bond motifs is 1. The molecule has 0 atom stereocenters. The summed E-state index contributed by atoms with van der Waals surface area (Å²) in [5.41, 5.74) is 6.07. The number of rotatable bonds is 4. The van der Waals surface area contributed by atoms with Crippen LogP contribution in [0.4, 0.5) is 0 Å². The van der Waals surface area contributed by atoms with Gasteiger partial charge >= 0.3 is 0 Å². The fourth-order valence-electron chi connectivity index (χ4n) is 3.55. The molecular formula is C21H23N5O. The zero-order valence-electron chi connectivity index (χ0n) is 15.7. The Bertz CT molecular complexity index is 961. The Hall–Kier alpha value is -3.02. The number of amides is 1. The Morgan fingerprint density at radius 2 is 2.04 bits per heavy atom. The van der Waals surface area contributed by atoms with Gasteiger partial charge in [0.1, 0.15) is 5.82 Å². The lowest BCUT2D eigenvalue weighted by Crippen LogP contribution is -2.35. The van der Waals surface area contributed by atoms with Crippen molar-refractivity contribution < 1.29 is 4.79 Å². The Morgan fingerprint density at radius 3 is 2.81 bits per heavy atom. The number of nitrogens with one attached hydrogen (secondary N) is 1. The predicted octanol–water partition coefficient (Wildman–Crippen LogP) is 3.33. The van der Waals surface area contributed by atoms with Crippen LogP contribution in [0.1, 0.15) is 46.3 Å². The summed E-state index contributed by atoms with van der Waals surface area (Å²) in [7, 11) is 0. The normalized spacial score (nSPS) is 13.5. The number of aryl methyl sites for hydroxylation is 2. The van der Waals surface area contributed by atoms with Gasteiger partial charge in [-0.2, -0.15) is 5.10 Å². The molecule has 27 heavy (non-hydrogen) atoms. The summed E-state index contributed by atoms with van der Waals surface area (Å²) in [6.45, 7) is 5.37. The van der Waals surface area contributed by atoms with Crippen LogP contribution in [0.3, 0.4) is 0 Å². The van der Waals surface area contributed by atoms with E-state index in [0.717, 1.165) is 53.2 Å². The molecule has 1 N–H and O–H groups in total. The Kier molecular flexibility index (Phi) is 4.71. The standard InChI is InChI=1S/C21H23N5O/c1-3-4-17-11-22-14(2)24-20(17)15-5-7-16(8-6-15)21(27)26-10-9-19-18(13-26)12-23-25-19/h5-8,11-12H,3-4,9-10,13H2,1-2H3,(H,23,25). The van der Waals surface area contributed by atoms with E-state index in [4.69, 9.17) is 0 Å². The fraction of sp³-hybridized carbons (Fsp3) is 0.333. The second kappa shape index (κ2) is 7.31. The molecule has 0 fully saturated rings. The molecule has 1 amide bonds. The Labute approximate surface area is 158 Å². The predicted molar refractivity (Wildman–Crippen MR) is 103 cm³/mol. The van der Waals surface area contributed by atoms with Gasteiger partial charge in [0.05, 0.1) is 11.9 Å². The molecule has 6 heteroatoms. The van der Waals surface area contributed by atoms with E-state index in [9.17, 15) is 4.79 Å². The molecule has 0 saturated carbocycles. The molecule has 0 spiro atoms. The quantitative estimate of drug-likeness (QED) is 0.773. The van der Waals surface area contributed by atoms with E-state index in [0.29, 0.717) is 18.7 Å². The maximum absolute atomic E-state index is 12.9. The van der Waals surface area contributed by atoms with Gasteiger partial charge in [-0.1, -0.05) is 25.5 Å². The molecule has 0 radical (unpaired) electrons. The van der Waals surface area contributed by atoms with Crippen molar-refractivity contribution in [3.05, 3.63) is 64.9 Å². The highest BCUT2D eigenvalue weighted by Gasteiger charge is 2.23. The molecule has 3 heterocycles. The van der Waals surface area contributed by atoms with Gasteiger partial charge in [0.15, 0.2) is 0 Å². The van der Waals surface area contributed by atoms with Crippen molar-refractivity contribution in [2.45, 2.75) is 39.7 Å². The van der Waals surface area contributed by atoms with E-state index in [1.165, 1.54) is 0 Å². The minimum absolute atomic E-state index is 0.0565. The van der Waals surface area contributed by atoms with Gasteiger partial charge in [0, 0.05) is 48.1 Å². The van der Waals surface area contributed by atoms with Crippen LogP contribution < -0.4 is 0 Å². The number of carbonyl (C=O) groups is 1. The third-order valence-electron chi connectivity index (χ3n) is 5.00. The molecule has 4 rings (SSSR count). The molecule has 3 aromatic rings. The summed E-state index contributed by atoms with van der Waals surface area (Å²) in [4.78, 5) is 23.7. The van der Waals surface area contributed by atoms with Gasteiger partial charge in [-0.15, -0.1) is 0 Å². The number of H-pyrrole nitrogens is 1. The number of carbonyl (C=O) groups excluding carboxylic acids is 1. The number of nitrogens with zero attached hydrogens (tertiary/aromatic N) is 4. The maximum Gasteiger partial charge on any atom is 0.254 e. The van der Waals surface area contributed by atoms with Crippen molar-refractivity contribution in [1.29, 1.82) is 0 Å². The number of hydrogen-bond donors (Lipinski definition) is 1. The van der Waals surface area contributed by atoms with E-state index < -0.39 is 0 Å². The van der Waals surface area contributed by atoms with Crippen LogP contribution in [0.25, 0.3) is 11.3 Å². The van der Waals surface area contributed by atoms with Crippen LogP contribution in [-0.4, -0.2) is 37.5 Å². The first-order valence-electron chi connectivity index (χ1n) is 9.39. The van der Waals surface area contributed by atoms with E-state index in [2.05, 4.69) is 27.1 Å². The molecule has 1 aliphatic rings. The zero-order chi connectivity index (χ0) is 18.8. The van der Waals surface area contributed by atoms with Crippen molar-refractivity contribution in [2.24, 2.45) is 0 Å². The third kappa shape index (κ3) is 3.47. The average molecular weight is 361 g/mol. The number of hydrogen-bond acceptors (Lipinski definition) is 4. The highest BCUT2D eigenvalue weighted by atomic mass is 16.2. The van der Waals surface area contributed by atoms with Crippen LogP contribution in [0.5, 0.6) is 0 Å². The van der Waals surface area contributed by atoms with Crippen molar-refractivity contribution >= 4 is 5.91 Å². The number of benzene rings is 1. The second-order valence-electron chi connectivity index (χ2n) is 6.97. The van der Waals surface area contributed by atoms with E-state index in [1.54, 1.807) is 0 Å². The fourth-order valence-corrected chi connectivity index (χ4v) is 3.55. The molecule has 0 bridgehead atoms.